The van der Waals surface area contributed by atoms with Gasteiger partial charge in [-0.3, -0.25) is 4.79 Å². The summed E-state index contributed by atoms with van der Waals surface area (Å²) in [4.78, 5) is 23.9. The lowest BCUT2D eigenvalue weighted by molar-refractivity contribution is 0.101. The summed E-state index contributed by atoms with van der Waals surface area (Å²) in [6, 6.07) is 0. The number of hydrogen-bond donors (Lipinski definition) is 1. The molecule has 1 amide bonds. The van der Waals surface area contributed by atoms with Crippen LogP contribution in [0.25, 0.3) is 19.5 Å². The minimum absolute atomic E-state index is 0. The Labute approximate surface area is 233 Å². The van der Waals surface area contributed by atoms with Gasteiger partial charge in [0.1, 0.15) is 0 Å². The Kier molecular flexibility index (Phi) is 8.14. The Morgan fingerprint density at radius 1 is 0.622 bits per heavy atom. The molecule has 198 valence electrons. The molecule has 0 atom stereocenters. The maximum absolute atomic E-state index is 11.4. The van der Waals surface area contributed by atoms with E-state index in [0.717, 1.165) is 5.69 Å². The second-order valence-corrected chi connectivity index (χ2v) is 13.2. The van der Waals surface area contributed by atoms with Crippen LogP contribution < -0.4 is 0 Å². The molecule has 0 aromatic carbocycles. The van der Waals surface area contributed by atoms with Crippen molar-refractivity contribution < 1.29 is 9.90 Å². The molecule has 5 rings (SSSR count). The van der Waals surface area contributed by atoms with E-state index in [2.05, 4.69) is 60.4 Å². The van der Waals surface area contributed by atoms with Crippen molar-refractivity contribution in [3.63, 3.8) is 0 Å². The molecule has 1 N–H and O–H groups in total. The van der Waals surface area contributed by atoms with Crippen molar-refractivity contribution in [1.29, 1.82) is 0 Å². The first kappa shape index (κ1) is 29.1. The topological polar surface area (TPSA) is 54.6 Å². The van der Waals surface area contributed by atoms with Gasteiger partial charge in [0.2, 0.25) is 5.88 Å². The summed E-state index contributed by atoms with van der Waals surface area (Å²) in [6.45, 7) is 21.6. The quantitative estimate of drug-likeness (QED) is 0.268. The van der Waals surface area contributed by atoms with E-state index >= 15 is 0 Å². The van der Waals surface area contributed by atoms with Crippen molar-refractivity contribution in [2.45, 2.75) is 76.7 Å². The van der Waals surface area contributed by atoms with Crippen LogP contribution in [0, 0.1) is 62.3 Å². The second kappa shape index (κ2) is 10.4. The predicted octanol–water partition coefficient (Wildman–Crippen LogP) is 9.31. The summed E-state index contributed by atoms with van der Waals surface area (Å²) in [5, 5.41) is 9.66. The van der Waals surface area contributed by atoms with Crippen LogP contribution in [-0.4, -0.2) is 21.3 Å². The van der Waals surface area contributed by atoms with Crippen LogP contribution in [0.5, 0.6) is 5.88 Å². The number of aryl methyl sites for hydroxylation is 2. The first-order chi connectivity index (χ1) is 16.8. The number of carbonyl (C=O) groups is 1. The maximum atomic E-state index is 11.4. The second-order valence-electron chi connectivity index (χ2n) is 9.71. The summed E-state index contributed by atoms with van der Waals surface area (Å²) < 4.78 is 1.60. The molecule has 0 saturated carbocycles. The Hall–Kier alpha value is -2.48. The van der Waals surface area contributed by atoms with E-state index < -0.39 is 0 Å². The summed E-state index contributed by atoms with van der Waals surface area (Å²) in [7, 11) is 1.73. The number of fused-ring (bicyclic) bond motifs is 1. The highest BCUT2D eigenvalue weighted by molar-refractivity contribution is 7.27. The Balaban J connectivity index is 0.000000231. The number of thiophene rings is 3. The number of carbonyl (C=O) groups excluding carboxylic acids is 1. The van der Waals surface area contributed by atoms with Gasteiger partial charge in [-0.25, -0.2) is 4.99 Å². The zero-order valence-electron chi connectivity index (χ0n) is 23.0. The van der Waals surface area contributed by atoms with E-state index in [1.165, 1.54) is 62.6 Å². The minimum atomic E-state index is -0.249. The van der Waals surface area contributed by atoms with Crippen LogP contribution >= 0.6 is 34.0 Å². The average molecular weight is 555 g/mol. The molecule has 4 aromatic rings. The molecule has 4 nitrogen and oxygen atoms in total. The van der Waals surface area contributed by atoms with E-state index in [9.17, 15) is 9.90 Å². The van der Waals surface area contributed by atoms with Crippen molar-refractivity contribution in [3.05, 3.63) is 60.0 Å². The molecule has 0 fully saturated rings. The molecule has 0 spiro atoms. The number of aliphatic imine (C=N–C) groups is 1. The van der Waals surface area contributed by atoms with E-state index in [1.807, 2.05) is 34.0 Å². The zero-order chi connectivity index (χ0) is 26.8. The Bertz CT molecular complexity index is 1500. The van der Waals surface area contributed by atoms with Gasteiger partial charge in [0.15, 0.2) is 0 Å². The van der Waals surface area contributed by atoms with Crippen LogP contribution in [0.15, 0.2) is 4.99 Å². The standard InChI is InChI=1S/C20H24S3.C9H10N2O2.CH4/c1-9-11(3)17(21-15(9)7)19-13(5)14(6)20(23-19)18-12(4)10(2)16(8)22-18;1-4-6-7(8(12)10-4)5(2)11(3)9(6)13;/h1-8H3;13H,1-3H3;1H4. The molecular formula is C30H38N2O2S3. The smallest absolute Gasteiger partial charge is 0.279 e. The molecule has 1 aliphatic rings. The van der Waals surface area contributed by atoms with Crippen LogP contribution in [0.1, 0.15) is 79.1 Å². The van der Waals surface area contributed by atoms with Crippen molar-refractivity contribution in [3.8, 4) is 25.4 Å². The lowest BCUT2D eigenvalue weighted by Gasteiger charge is -1.99. The fourth-order valence-corrected chi connectivity index (χ4v) is 8.74. The summed E-state index contributed by atoms with van der Waals surface area (Å²) in [5.74, 6) is -0.125. The van der Waals surface area contributed by atoms with Gasteiger partial charge in [-0.05, 0) is 103 Å². The first-order valence-corrected chi connectivity index (χ1v) is 14.4. The van der Waals surface area contributed by atoms with Crippen molar-refractivity contribution in [2.24, 2.45) is 12.0 Å². The molecule has 7 heteroatoms. The van der Waals surface area contributed by atoms with Gasteiger partial charge in [0.25, 0.3) is 5.91 Å². The van der Waals surface area contributed by atoms with E-state index in [0.29, 0.717) is 16.8 Å². The van der Waals surface area contributed by atoms with Crippen molar-refractivity contribution in [1.82, 2.24) is 4.57 Å². The van der Waals surface area contributed by atoms with Gasteiger partial charge in [0, 0.05) is 42.0 Å². The van der Waals surface area contributed by atoms with Crippen LogP contribution in [0.3, 0.4) is 0 Å². The summed E-state index contributed by atoms with van der Waals surface area (Å²) in [5.41, 5.74) is 11.2. The lowest BCUT2D eigenvalue weighted by Crippen LogP contribution is -1.96. The SMILES string of the molecule is C.CC1=NC(=O)c2c1c(O)n(C)c2C.Cc1sc(-c2sc(-c3sc(C)c(C)c3C)c(C)c2C)c(C)c1C. The highest BCUT2D eigenvalue weighted by atomic mass is 32.1. The monoisotopic (exact) mass is 554 g/mol. The third kappa shape index (κ3) is 4.55. The molecule has 4 aromatic heterocycles. The number of hydrogen-bond acceptors (Lipinski definition) is 5. The average Bonchev–Trinajstić information content (AvgIpc) is 3.53. The van der Waals surface area contributed by atoms with Gasteiger partial charge >= 0.3 is 0 Å². The Morgan fingerprint density at radius 2 is 1.00 bits per heavy atom. The van der Waals surface area contributed by atoms with Crippen LogP contribution in [0.4, 0.5) is 0 Å². The molecular weight excluding hydrogens is 517 g/mol. The fourth-order valence-electron chi connectivity index (χ4n) is 4.60. The number of nitrogens with zero attached hydrogens (tertiary/aromatic N) is 2. The van der Waals surface area contributed by atoms with Gasteiger partial charge in [-0.2, -0.15) is 0 Å². The molecule has 0 unspecified atom stereocenters. The fraction of sp³-hybridized carbons (Fsp3) is 0.400. The molecule has 5 heterocycles. The third-order valence-corrected chi connectivity index (χ3v) is 12.1. The van der Waals surface area contributed by atoms with Crippen molar-refractivity contribution >= 4 is 45.6 Å². The molecule has 37 heavy (non-hydrogen) atoms. The van der Waals surface area contributed by atoms with E-state index in [4.69, 9.17) is 0 Å². The van der Waals surface area contributed by atoms with E-state index in [-0.39, 0.29) is 19.2 Å². The van der Waals surface area contributed by atoms with Crippen molar-refractivity contribution in [2.75, 3.05) is 0 Å². The zero-order valence-corrected chi connectivity index (χ0v) is 25.4. The highest BCUT2D eigenvalue weighted by Crippen LogP contribution is 2.49. The minimum Gasteiger partial charge on any atom is -0.494 e. The van der Waals surface area contributed by atoms with Gasteiger partial charge in [-0.1, -0.05) is 7.43 Å². The van der Waals surface area contributed by atoms with Crippen LogP contribution in [0.2, 0.25) is 0 Å². The van der Waals surface area contributed by atoms with E-state index in [1.54, 1.807) is 25.5 Å². The molecule has 0 bridgehead atoms. The number of aromatic hydroxyl groups is 1. The van der Waals surface area contributed by atoms with Gasteiger partial charge in [-0.15, -0.1) is 34.0 Å². The largest absolute Gasteiger partial charge is 0.494 e. The Morgan fingerprint density at radius 3 is 1.35 bits per heavy atom. The third-order valence-electron chi connectivity index (χ3n) is 7.73. The summed E-state index contributed by atoms with van der Waals surface area (Å²) >= 11 is 5.89. The number of amides is 1. The molecule has 0 saturated heterocycles. The summed E-state index contributed by atoms with van der Waals surface area (Å²) in [6.07, 6.45) is 0. The molecule has 1 aliphatic heterocycles. The van der Waals surface area contributed by atoms with Crippen LogP contribution in [-0.2, 0) is 7.05 Å². The molecule has 0 radical (unpaired) electrons. The highest BCUT2D eigenvalue weighted by Gasteiger charge is 2.30. The normalized spacial score (nSPS) is 12.3. The van der Waals surface area contributed by atoms with Gasteiger partial charge in [0.05, 0.1) is 16.8 Å². The number of rotatable bonds is 2. The maximum Gasteiger partial charge on any atom is 0.279 e. The predicted molar refractivity (Wildman–Crippen MR) is 164 cm³/mol. The lowest BCUT2D eigenvalue weighted by atomic mass is 10.1. The number of aromatic nitrogens is 1. The first-order valence-electron chi connectivity index (χ1n) is 12.0. The molecule has 0 aliphatic carbocycles. The van der Waals surface area contributed by atoms with Gasteiger partial charge < -0.3 is 9.67 Å².